The van der Waals surface area contributed by atoms with E-state index in [9.17, 15) is 9.59 Å². The molecule has 22 heavy (non-hydrogen) atoms. The number of rotatable bonds is 3. The summed E-state index contributed by atoms with van der Waals surface area (Å²) in [4.78, 5) is 26.7. The summed E-state index contributed by atoms with van der Waals surface area (Å²) >= 11 is 0. The van der Waals surface area contributed by atoms with Gasteiger partial charge in [0.25, 0.3) is 0 Å². The monoisotopic (exact) mass is 305 g/mol. The normalized spacial score (nSPS) is 24.4. The van der Waals surface area contributed by atoms with Crippen LogP contribution >= 0.6 is 0 Å². The van der Waals surface area contributed by atoms with Gasteiger partial charge >= 0.3 is 5.97 Å². The fourth-order valence-electron chi connectivity index (χ4n) is 2.95. The average molecular weight is 305 g/mol. The standard InChI is InChI=1S/C16H19NO5/c1-3-20-16(19)12-8-17(2)7-11(15(12)18)10-4-5-13-14(6-10)22-9-21-13/h4-6,11-12H,3,7-9H2,1-2H3. The second-order valence-corrected chi connectivity index (χ2v) is 5.59. The Morgan fingerprint density at radius 2 is 2.09 bits per heavy atom. The SMILES string of the molecule is CCOC(=O)C1CN(C)CC(c2ccc3c(c2)OCO3)C1=O. The van der Waals surface area contributed by atoms with Crippen LogP contribution in [0, 0.1) is 5.92 Å². The molecule has 0 radical (unpaired) electrons. The number of ether oxygens (including phenoxy) is 3. The Morgan fingerprint density at radius 1 is 1.32 bits per heavy atom. The number of carbonyl (C=O) groups excluding carboxylic acids is 2. The Balaban J connectivity index is 1.86. The summed E-state index contributed by atoms with van der Waals surface area (Å²) in [6.45, 7) is 3.20. The number of carbonyl (C=O) groups is 2. The molecule has 6 heteroatoms. The quantitative estimate of drug-likeness (QED) is 0.617. The summed E-state index contributed by atoms with van der Waals surface area (Å²) < 4.78 is 15.7. The number of nitrogens with zero attached hydrogens (tertiary/aromatic N) is 1. The summed E-state index contributed by atoms with van der Waals surface area (Å²) in [6.07, 6.45) is 0. The second-order valence-electron chi connectivity index (χ2n) is 5.59. The van der Waals surface area contributed by atoms with Crippen LogP contribution in [0.4, 0.5) is 0 Å². The van der Waals surface area contributed by atoms with Crippen LogP contribution in [-0.4, -0.2) is 50.2 Å². The van der Waals surface area contributed by atoms with Gasteiger partial charge in [0.15, 0.2) is 17.3 Å². The number of hydrogen-bond acceptors (Lipinski definition) is 6. The highest BCUT2D eigenvalue weighted by atomic mass is 16.7. The minimum Gasteiger partial charge on any atom is -0.465 e. The lowest BCUT2D eigenvalue weighted by Gasteiger charge is -2.33. The molecular weight excluding hydrogens is 286 g/mol. The van der Waals surface area contributed by atoms with Crippen molar-refractivity contribution < 1.29 is 23.8 Å². The first-order chi connectivity index (χ1) is 10.6. The Hall–Kier alpha value is -2.08. The maximum Gasteiger partial charge on any atom is 0.317 e. The molecule has 2 atom stereocenters. The number of fused-ring (bicyclic) bond motifs is 1. The van der Waals surface area contributed by atoms with Gasteiger partial charge in [-0.3, -0.25) is 9.59 Å². The van der Waals surface area contributed by atoms with Crippen molar-refractivity contribution in [3.8, 4) is 11.5 Å². The molecule has 1 saturated heterocycles. The first-order valence-corrected chi connectivity index (χ1v) is 7.38. The summed E-state index contributed by atoms with van der Waals surface area (Å²) in [5, 5.41) is 0. The van der Waals surface area contributed by atoms with E-state index in [1.807, 2.05) is 24.1 Å². The van der Waals surface area contributed by atoms with Crippen LogP contribution in [0.3, 0.4) is 0 Å². The van der Waals surface area contributed by atoms with Crippen molar-refractivity contribution in [3.63, 3.8) is 0 Å². The highest BCUT2D eigenvalue weighted by molar-refractivity contribution is 6.03. The van der Waals surface area contributed by atoms with Gasteiger partial charge in [0, 0.05) is 13.1 Å². The predicted octanol–water partition coefficient (Wildman–Crippen LogP) is 1.19. The number of likely N-dealkylation sites (tertiary alicyclic amines) is 1. The molecule has 0 amide bonds. The van der Waals surface area contributed by atoms with E-state index in [1.165, 1.54) is 0 Å². The first kappa shape index (κ1) is 14.8. The molecule has 3 rings (SSSR count). The van der Waals surface area contributed by atoms with E-state index in [0.29, 0.717) is 24.6 Å². The summed E-state index contributed by atoms with van der Waals surface area (Å²) in [5.74, 6) is -0.287. The van der Waals surface area contributed by atoms with E-state index < -0.39 is 11.9 Å². The third-order valence-corrected chi connectivity index (χ3v) is 4.05. The number of ketones is 1. The molecule has 0 aliphatic carbocycles. The molecule has 118 valence electrons. The maximum absolute atomic E-state index is 12.7. The Bertz CT molecular complexity index is 600. The second kappa shape index (κ2) is 5.96. The van der Waals surface area contributed by atoms with Crippen molar-refractivity contribution >= 4 is 11.8 Å². The number of likely N-dealkylation sites (N-methyl/N-ethyl adjacent to an activating group) is 1. The zero-order valence-electron chi connectivity index (χ0n) is 12.7. The van der Waals surface area contributed by atoms with Gasteiger partial charge in [-0.25, -0.2) is 0 Å². The summed E-state index contributed by atoms with van der Waals surface area (Å²) in [6, 6.07) is 5.49. The smallest absolute Gasteiger partial charge is 0.317 e. The van der Waals surface area contributed by atoms with E-state index in [4.69, 9.17) is 14.2 Å². The van der Waals surface area contributed by atoms with Crippen LogP contribution in [-0.2, 0) is 14.3 Å². The van der Waals surface area contributed by atoms with Crippen LogP contribution < -0.4 is 9.47 Å². The zero-order valence-corrected chi connectivity index (χ0v) is 12.7. The largest absolute Gasteiger partial charge is 0.465 e. The van der Waals surface area contributed by atoms with Gasteiger partial charge in [-0.1, -0.05) is 6.07 Å². The Labute approximate surface area is 128 Å². The lowest BCUT2D eigenvalue weighted by Crippen LogP contribution is -2.47. The molecule has 6 nitrogen and oxygen atoms in total. The van der Waals surface area contributed by atoms with Crippen molar-refractivity contribution in [2.45, 2.75) is 12.8 Å². The van der Waals surface area contributed by atoms with Crippen LogP contribution in [0.25, 0.3) is 0 Å². The minimum atomic E-state index is -0.728. The molecule has 0 bridgehead atoms. The van der Waals surface area contributed by atoms with E-state index in [1.54, 1.807) is 13.0 Å². The molecule has 2 unspecified atom stereocenters. The number of esters is 1. The maximum atomic E-state index is 12.7. The molecule has 0 spiro atoms. The highest BCUT2D eigenvalue weighted by Gasteiger charge is 2.40. The van der Waals surface area contributed by atoms with Crippen LogP contribution in [0.2, 0.25) is 0 Å². The molecule has 0 saturated carbocycles. The number of Topliss-reactive ketones (excluding diaryl/α,β-unsaturated/α-hetero) is 1. The third-order valence-electron chi connectivity index (χ3n) is 4.05. The van der Waals surface area contributed by atoms with Crippen molar-refractivity contribution in [1.82, 2.24) is 4.90 Å². The zero-order chi connectivity index (χ0) is 15.7. The van der Waals surface area contributed by atoms with E-state index in [0.717, 1.165) is 5.56 Å². The lowest BCUT2D eigenvalue weighted by atomic mass is 9.83. The summed E-state index contributed by atoms with van der Waals surface area (Å²) in [7, 11) is 1.90. The molecule has 2 aliphatic heterocycles. The van der Waals surface area contributed by atoms with Gasteiger partial charge in [0.1, 0.15) is 5.92 Å². The summed E-state index contributed by atoms with van der Waals surface area (Å²) in [5.41, 5.74) is 0.843. The Kier molecular flexibility index (Phi) is 4.02. The molecule has 2 heterocycles. The third kappa shape index (κ3) is 2.66. The van der Waals surface area contributed by atoms with Crippen molar-refractivity contribution in [3.05, 3.63) is 23.8 Å². The van der Waals surface area contributed by atoms with E-state index in [2.05, 4.69) is 0 Å². The Morgan fingerprint density at radius 3 is 2.86 bits per heavy atom. The van der Waals surface area contributed by atoms with Crippen LogP contribution in [0.5, 0.6) is 11.5 Å². The van der Waals surface area contributed by atoms with Crippen molar-refractivity contribution in [1.29, 1.82) is 0 Å². The molecule has 0 N–H and O–H groups in total. The number of benzene rings is 1. The average Bonchev–Trinajstić information content (AvgIpc) is 2.96. The number of piperidine rings is 1. The molecule has 2 aliphatic rings. The number of hydrogen-bond donors (Lipinski definition) is 0. The fourth-order valence-corrected chi connectivity index (χ4v) is 2.95. The predicted molar refractivity (Wildman–Crippen MR) is 77.9 cm³/mol. The van der Waals surface area contributed by atoms with Crippen LogP contribution in [0.1, 0.15) is 18.4 Å². The molecule has 0 aromatic heterocycles. The van der Waals surface area contributed by atoms with Crippen molar-refractivity contribution in [2.24, 2.45) is 5.92 Å². The van der Waals surface area contributed by atoms with E-state index in [-0.39, 0.29) is 25.1 Å². The van der Waals surface area contributed by atoms with Crippen LogP contribution in [0.15, 0.2) is 18.2 Å². The van der Waals surface area contributed by atoms with Gasteiger partial charge in [-0.2, -0.15) is 0 Å². The van der Waals surface area contributed by atoms with Crippen molar-refractivity contribution in [2.75, 3.05) is 33.5 Å². The van der Waals surface area contributed by atoms with Gasteiger partial charge in [0.05, 0.1) is 12.5 Å². The topological polar surface area (TPSA) is 65.1 Å². The minimum absolute atomic E-state index is 0.0876. The molecule has 1 fully saturated rings. The first-order valence-electron chi connectivity index (χ1n) is 7.38. The van der Waals surface area contributed by atoms with E-state index >= 15 is 0 Å². The van der Waals surface area contributed by atoms with Gasteiger partial charge < -0.3 is 19.1 Å². The molecule has 1 aromatic rings. The molecule has 1 aromatic carbocycles. The fraction of sp³-hybridized carbons (Fsp3) is 0.500. The molecular formula is C16H19NO5. The lowest BCUT2D eigenvalue weighted by molar-refractivity contribution is -0.154. The van der Waals surface area contributed by atoms with Gasteiger partial charge in [0.2, 0.25) is 6.79 Å². The van der Waals surface area contributed by atoms with Gasteiger partial charge in [-0.15, -0.1) is 0 Å². The highest BCUT2D eigenvalue weighted by Crippen LogP contribution is 2.36. The van der Waals surface area contributed by atoms with Gasteiger partial charge in [-0.05, 0) is 31.7 Å².